The average molecular weight is 321 g/mol. The number of thiazole rings is 1. The van der Waals surface area contributed by atoms with Crippen LogP contribution in [0, 0.1) is 0 Å². The molecule has 0 unspecified atom stereocenters. The highest BCUT2D eigenvalue weighted by molar-refractivity contribution is 7.91. The number of hydrogen-bond donors (Lipinski definition) is 2. The zero-order valence-corrected chi connectivity index (χ0v) is 12.2. The lowest BCUT2D eigenvalue weighted by molar-refractivity contribution is 0.0687. The highest BCUT2D eigenvalue weighted by atomic mass is 32.2. The van der Waals surface area contributed by atoms with Gasteiger partial charge in [-0.25, -0.2) is 18.2 Å². The first-order valence-electron chi connectivity index (χ1n) is 5.97. The van der Waals surface area contributed by atoms with E-state index in [1.165, 1.54) is 9.82 Å². The number of aromatic carboxylic acids is 1. The molecule has 20 heavy (non-hydrogen) atoms. The molecule has 1 aromatic rings. The quantitative estimate of drug-likeness (QED) is 0.726. The van der Waals surface area contributed by atoms with E-state index >= 15 is 0 Å². The molecule has 2 N–H and O–H groups in total. The van der Waals surface area contributed by atoms with Crippen LogP contribution in [0.15, 0.2) is 9.72 Å². The summed E-state index contributed by atoms with van der Waals surface area (Å²) >= 11 is 0.814. The van der Waals surface area contributed by atoms with E-state index in [2.05, 4.69) is 4.98 Å². The Kier molecular flexibility index (Phi) is 4.70. The minimum Gasteiger partial charge on any atom is -0.476 e. The van der Waals surface area contributed by atoms with E-state index in [1.54, 1.807) is 0 Å². The highest BCUT2D eigenvalue weighted by Crippen LogP contribution is 2.25. The molecule has 0 amide bonds. The molecule has 0 aromatic carbocycles. The van der Waals surface area contributed by atoms with Crippen LogP contribution in [0.5, 0.6) is 0 Å². The Morgan fingerprint density at radius 2 is 2.00 bits per heavy atom. The minimum absolute atomic E-state index is 0.0325. The summed E-state index contributed by atoms with van der Waals surface area (Å²) in [6.07, 6.45) is 0. The van der Waals surface area contributed by atoms with Gasteiger partial charge in [-0.3, -0.25) is 4.90 Å². The van der Waals surface area contributed by atoms with Gasteiger partial charge >= 0.3 is 5.97 Å². The highest BCUT2D eigenvalue weighted by Gasteiger charge is 2.33. The number of sulfonamides is 1. The molecule has 1 aliphatic heterocycles. The van der Waals surface area contributed by atoms with E-state index in [0.717, 1.165) is 11.3 Å². The summed E-state index contributed by atoms with van der Waals surface area (Å²) in [6, 6.07) is 0. The lowest BCUT2D eigenvalue weighted by atomic mass is 10.4. The predicted molar refractivity (Wildman–Crippen MR) is 71.4 cm³/mol. The first-order valence-corrected chi connectivity index (χ1v) is 8.29. The van der Waals surface area contributed by atoms with Gasteiger partial charge in [-0.2, -0.15) is 4.31 Å². The number of rotatable bonds is 5. The van der Waals surface area contributed by atoms with Crippen molar-refractivity contribution in [3.63, 3.8) is 0 Å². The van der Waals surface area contributed by atoms with Gasteiger partial charge in [-0.1, -0.05) is 0 Å². The number of aliphatic hydroxyl groups is 1. The van der Waals surface area contributed by atoms with Crippen LogP contribution >= 0.6 is 11.3 Å². The summed E-state index contributed by atoms with van der Waals surface area (Å²) in [5.41, 5.74) is 0.797. The van der Waals surface area contributed by atoms with E-state index in [1.807, 2.05) is 4.90 Å². The van der Waals surface area contributed by atoms with Crippen molar-refractivity contribution in [2.45, 2.75) is 4.21 Å². The van der Waals surface area contributed by atoms with E-state index < -0.39 is 21.7 Å². The van der Waals surface area contributed by atoms with Crippen molar-refractivity contribution in [1.82, 2.24) is 14.2 Å². The lowest BCUT2D eigenvalue weighted by Crippen LogP contribution is -2.49. The lowest BCUT2D eigenvalue weighted by Gasteiger charge is -2.33. The first kappa shape index (κ1) is 15.3. The number of nitrogens with zero attached hydrogens (tertiary/aromatic N) is 3. The molecule has 1 saturated heterocycles. The molecule has 8 nitrogen and oxygen atoms in total. The van der Waals surface area contributed by atoms with Crippen molar-refractivity contribution >= 4 is 27.3 Å². The monoisotopic (exact) mass is 321 g/mol. The molecule has 1 aliphatic rings. The van der Waals surface area contributed by atoms with Gasteiger partial charge in [-0.15, -0.1) is 11.3 Å². The van der Waals surface area contributed by atoms with Gasteiger partial charge in [0.05, 0.1) is 12.1 Å². The molecule has 10 heteroatoms. The number of hydrogen-bond acceptors (Lipinski definition) is 7. The maximum absolute atomic E-state index is 12.4. The third kappa shape index (κ3) is 2.99. The van der Waals surface area contributed by atoms with Crippen molar-refractivity contribution < 1.29 is 23.4 Å². The molecule has 1 aromatic heterocycles. The maximum Gasteiger partial charge on any atom is 0.356 e. The van der Waals surface area contributed by atoms with Crippen LogP contribution in [0.3, 0.4) is 0 Å². The van der Waals surface area contributed by atoms with Crippen LogP contribution in [-0.2, 0) is 10.0 Å². The molecule has 0 saturated carbocycles. The average Bonchev–Trinajstić information content (AvgIpc) is 2.90. The summed E-state index contributed by atoms with van der Waals surface area (Å²) in [6.45, 7) is 2.13. The van der Waals surface area contributed by atoms with Gasteiger partial charge in [0.25, 0.3) is 10.0 Å². The SMILES string of the molecule is O=C(O)c1ncsc1S(=O)(=O)N1CCN(CCO)CC1. The molecule has 0 aliphatic carbocycles. The molecule has 2 rings (SSSR count). The second-order valence-corrected chi connectivity index (χ2v) is 7.25. The Bertz CT molecular complexity index is 577. The fraction of sp³-hybridized carbons (Fsp3) is 0.600. The maximum atomic E-state index is 12.4. The van der Waals surface area contributed by atoms with Gasteiger partial charge in [0.2, 0.25) is 0 Å². The summed E-state index contributed by atoms with van der Waals surface area (Å²) in [5, 5.41) is 17.8. The van der Waals surface area contributed by atoms with Gasteiger partial charge in [-0.05, 0) is 0 Å². The largest absolute Gasteiger partial charge is 0.476 e. The summed E-state index contributed by atoms with van der Waals surface area (Å²) in [5.74, 6) is -1.34. The molecular weight excluding hydrogens is 306 g/mol. The Morgan fingerprint density at radius 1 is 1.35 bits per heavy atom. The minimum atomic E-state index is -3.81. The Hall–Kier alpha value is -1.07. The molecule has 112 valence electrons. The molecule has 0 spiro atoms. The predicted octanol–water partition coefficient (Wildman–Crippen LogP) is -0.860. The Labute approximate surface area is 120 Å². The second-order valence-electron chi connectivity index (χ2n) is 4.26. The Morgan fingerprint density at radius 3 is 2.55 bits per heavy atom. The zero-order chi connectivity index (χ0) is 14.8. The van der Waals surface area contributed by atoms with Crippen molar-refractivity contribution in [2.75, 3.05) is 39.3 Å². The van der Waals surface area contributed by atoms with E-state index in [-0.39, 0.29) is 23.9 Å². The Balaban J connectivity index is 2.16. The van der Waals surface area contributed by atoms with E-state index in [9.17, 15) is 13.2 Å². The van der Waals surface area contributed by atoms with Gasteiger partial charge in [0, 0.05) is 32.7 Å². The molecule has 2 heterocycles. The number of aliphatic hydroxyl groups excluding tert-OH is 1. The van der Waals surface area contributed by atoms with Gasteiger partial charge in [0.15, 0.2) is 9.90 Å². The summed E-state index contributed by atoms with van der Waals surface area (Å²) < 4.78 is 25.8. The molecule has 0 bridgehead atoms. The van der Waals surface area contributed by atoms with E-state index in [0.29, 0.717) is 19.6 Å². The zero-order valence-electron chi connectivity index (χ0n) is 10.6. The molecule has 0 atom stereocenters. The number of aromatic nitrogens is 1. The van der Waals surface area contributed by atoms with E-state index in [4.69, 9.17) is 10.2 Å². The first-order chi connectivity index (χ1) is 9.46. The van der Waals surface area contributed by atoms with Crippen LogP contribution in [0.2, 0.25) is 0 Å². The fourth-order valence-corrected chi connectivity index (χ4v) is 4.71. The summed E-state index contributed by atoms with van der Waals surface area (Å²) in [7, 11) is -3.81. The fourth-order valence-electron chi connectivity index (χ4n) is 2.01. The summed E-state index contributed by atoms with van der Waals surface area (Å²) in [4.78, 5) is 16.5. The van der Waals surface area contributed by atoms with Crippen LogP contribution in [0.4, 0.5) is 0 Å². The van der Waals surface area contributed by atoms with Crippen LogP contribution in [-0.4, -0.2) is 78.1 Å². The molecule has 0 radical (unpaired) electrons. The second kappa shape index (κ2) is 6.14. The molecule has 1 fully saturated rings. The topological polar surface area (TPSA) is 111 Å². The third-order valence-corrected chi connectivity index (χ3v) is 6.30. The number of carboxylic acids is 1. The van der Waals surface area contributed by atoms with Crippen LogP contribution in [0.1, 0.15) is 10.5 Å². The smallest absolute Gasteiger partial charge is 0.356 e. The van der Waals surface area contributed by atoms with Crippen molar-refractivity contribution in [2.24, 2.45) is 0 Å². The number of carbonyl (C=O) groups is 1. The molecular formula is C10H15N3O5S2. The number of piperazine rings is 1. The number of β-amino-alcohol motifs (C(OH)–C–C–N with tert-alkyl or cyclic N) is 1. The van der Waals surface area contributed by atoms with Gasteiger partial charge < -0.3 is 10.2 Å². The van der Waals surface area contributed by atoms with Crippen molar-refractivity contribution in [3.05, 3.63) is 11.2 Å². The van der Waals surface area contributed by atoms with Crippen LogP contribution < -0.4 is 0 Å². The van der Waals surface area contributed by atoms with Crippen molar-refractivity contribution in [1.29, 1.82) is 0 Å². The third-order valence-electron chi connectivity index (χ3n) is 3.06. The standard InChI is InChI=1S/C10H15N3O5S2/c14-6-5-12-1-3-13(4-2-12)20(17,18)10-8(9(15)16)11-7-19-10/h7,14H,1-6H2,(H,15,16). The normalized spacial score (nSPS) is 18.2. The number of carboxylic acid groups (broad SMARTS) is 1. The van der Waals surface area contributed by atoms with Gasteiger partial charge in [0.1, 0.15) is 0 Å². The van der Waals surface area contributed by atoms with Crippen molar-refractivity contribution in [3.8, 4) is 0 Å². The van der Waals surface area contributed by atoms with Crippen LogP contribution in [0.25, 0.3) is 0 Å².